The van der Waals surface area contributed by atoms with Crippen LogP contribution in [0.2, 0.25) is 5.02 Å². The summed E-state index contributed by atoms with van der Waals surface area (Å²) in [5.74, 6) is 2.46. The maximum atomic E-state index is 9.86. The molecule has 0 saturated carbocycles. The van der Waals surface area contributed by atoms with Crippen LogP contribution in [0.1, 0.15) is 18.9 Å². The summed E-state index contributed by atoms with van der Waals surface area (Å²) in [6.45, 7) is 1.74. The Balaban J connectivity index is 2.69. The van der Waals surface area contributed by atoms with Crippen LogP contribution in [0.15, 0.2) is 24.3 Å². The van der Waals surface area contributed by atoms with Crippen molar-refractivity contribution in [2.75, 3.05) is 0 Å². The van der Waals surface area contributed by atoms with Crippen molar-refractivity contribution in [1.29, 1.82) is 0 Å². The van der Waals surface area contributed by atoms with Crippen molar-refractivity contribution in [2.45, 2.75) is 25.4 Å². The number of rotatable bonds is 3. The quantitative estimate of drug-likeness (QED) is 0.758. The number of benzene rings is 1. The number of halogens is 1. The lowest BCUT2D eigenvalue weighted by Crippen LogP contribution is -2.26. The van der Waals surface area contributed by atoms with Crippen LogP contribution in [0.5, 0.6) is 0 Å². The first-order valence-corrected chi connectivity index (χ1v) is 4.81. The normalized spacial score (nSPS) is 14.4. The molecule has 0 spiro atoms. The van der Waals surface area contributed by atoms with Gasteiger partial charge in [-0.15, -0.1) is 12.3 Å². The number of terminal acetylenes is 1. The summed E-state index contributed by atoms with van der Waals surface area (Å²) in [5, 5.41) is 10.6. The van der Waals surface area contributed by atoms with Gasteiger partial charge in [-0.05, 0) is 24.6 Å². The fourth-order valence-electron chi connectivity index (χ4n) is 1.32. The molecule has 14 heavy (non-hydrogen) atoms. The van der Waals surface area contributed by atoms with Gasteiger partial charge in [0.15, 0.2) is 0 Å². The van der Waals surface area contributed by atoms with Gasteiger partial charge in [0, 0.05) is 17.9 Å². The van der Waals surface area contributed by atoms with E-state index in [-0.39, 0.29) is 0 Å². The summed E-state index contributed by atoms with van der Waals surface area (Å²) >= 11 is 5.75. The SMILES string of the molecule is C#CCC(C)(O)Cc1ccc(Cl)cc1. The van der Waals surface area contributed by atoms with Crippen molar-refractivity contribution in [1.82, 2.24) is 0 Å². The average molecular weight is 209 g/mol. The van der Waals surface area contributed by atoms with Gasteiger partial charge >= 0.3 is 0 Å². The number of aliphatic hydroxyl groups is 1. The van der Waals surface area contributed by atoms with Crippen LogP contribution in [0.25, 0.3) is 0 Å². The second-order valence-electron chi connectivity index (χ2n) is 3.68. The maximum absolute atomic E-state index is 9.86. The zero-order valence-corrected chi connectivity index (χ0v) is 8.88. The Labute approximate surface area is 89.7 Å². The van der Waals surface area contributed by atoms with Crippen molar-refractivity contribution in [2.24, 2.45) is 0 Å². The third kappa shape index (κ3) is 3.41. The molecule has 1 aromatic rings. The Bertz CT molecular complexity index is 332. The summed E-state index contributed by atoms with van der Waals surface area (Å²) in [6, 6.07) is 7.41. The summed E-state index contributed by atoms with van der Waals surface area (Å²) in [4.78, 5) is 0. The van der Waals surface area contributed by atoms with E-state index in [9.17, 15) is 5.11 Å². The molecule has 1 N–H and O–H groups in total. The van der Waals surface area contributed by atoms with Gasteiger partial charge in [0.2, 0.25) is 0 Å². The molecule has 0 aliphatic carbocycles. The first kappa shape index (κ1) is 11.1. The van der Waals surface area contributed by atoms with Crippen LogP contribution in [-0.2, 0) is 6.42 Å². The van der Waals surface area contributed by atoms with Crippen LogP contribution < -0.4 is 0 Å². The molecule has 1 nitrogen and oxygen atoms in total. The molecule has 1 rings (SSSR count). The lowest BCUT2D eigenvalue weighted by atomic mass is 9.94. The van der Waals surface area contributed by atoms with Crippen molar-refractivity contribution in [3.63, 3.8) is 0 Å². The molecule has 0 radical (unpaired) electrons. The Morgan fingerprint density at radius 2 is 2.00 bits per heavy atom. The van der Waals surface area contributed by atoms with E-state index in [1.807, 2.05) is 24.3 Å². The van der Waals surface area contributed by atoms with E-state index in [4.69, 9.17) is 18.0 Å². The molecular formula is C12H13ClO. The molecule has 1 atom stereocenters. The predicted molar refractivity (Wildman–Crippen MR) is 59.2 cm³/mol. The highest BCUT2D eigenvalue weighted by Gasteiger charge is 2.19. The average Bonchev–Trinajstić information content (AvgIpc) is 2.08. The smallest absolute Gasteiger partial charge is 0.0768 e. The van der Waals surface area contributed by atoms with Gasteiger partial charge in [0.25, 0.3) is 0 Å². The second-order valence-corrected chi connectivity index (χ2v) is 4.12. The van der Waals surface area contributed by atoms with E-state index in [1.165, 1.54) is 0 Å². The first-order valence-electron chi connectivity index (χ1n) is 4.44. The van der Waals surface area contributed by atoms with Crippen molar-refractivity contribution >= 4 is 11.6 Å². The van der Waals surface area contributed by atoms with E-state index in [0.717, 1.165) is 5.56 Å². The van der Waals surface area contributed by atoms with Gasteiger partial charge in [0.1, 0.15) is 0 Å². The molecule has 0 aliphatic rings. The van der Waals surface area contributed by atoms with Gasteiger partial charge in [-0.2, -0.15) is 0 Å². The minimum Gasteiger partial charge on any atom is -0.389 e. The van der Waals surface area contributed by atoms with Crippen molar-refractivity contribution in [3.05, 3.63) is 34.9 Å². The first-order chi connectivity index (χ1) is 6.53. The summed E-state index contributed by atoms with van der Waals surface area (Å²) in [5.41, 5.74) is 0.206. The highest BCUT2D eigenvalue weighted by atomic mass is 35.5. The zero-order chi connectivity index (χ0) is 10.6. The minimum atomic E-state index is -0.831. The maximum Gasteiger partial charge on any atom is 0.0768 e. The van der Waals surface area contributed by atoms with Gasteiger partial charge in [-0.25, -0.2) is 0 Å². The van der Waals surface area contributed by atoms with Crippen LogP contribution in [0.4, 0.5) is 0 Å². The summed E-state index contributed by atoms with van der Waals surface area (Å²) in [7, 11) is 0. The molecular weight excluding hydrogens is 196 g/mol. The fraction of sp³-hybridized carbons (Fsp3) is 0.333. The van der Waals surface area contributed by atoms with Crippen LogP contribution in [0.3, 0.4) is 0 Å². The monoisotopic (exact) mass is 208 g/mol. The topological polar surface area (TPSA) is 20.2 Å². The molecule has 2 heteroatoms. The molecule has 74 valence electrons. The van der Waals surface area contributed by atoms with Crippen LogP contribution >= 0.6 is 11.6 Å². The lowest BCUT2D eigenvalue weighted by molar-refractivity contribution is 0.0660. The Kier molecular flexibility index (Phi) is 3.57. The third-order valence-electron chi connectivity index (χ3n) is 1.98. The van der Waals surface area contributed by atoms with E-state index < -0.39 is 5.60 Å². The van der Waals surface area contributed by atoms with Gasteiger partial charge in [-0.1, -0.05) is 23.7 Å². The van der Waals surface area contributed by atoms with Gasteiger partial charge in [0.05, 0.1) is 5.60 Å². The molecule has 0 aliphatic heterocycles. The third-order valence-corrected chi connectivity index (χ3v) is 2.23. The van der Waals surface area contributed by atoms with Crippen molar-refractivity contribution < 1.29 is 5.11 Å². The largest absolute Gasteiger partial charge is 0.389 e. The zero-order valence-electron chi connectivity index (χ0n) is 8.13. The van der Waals surface area contributed by atoms with Crippen LogP contribution in [0, 0.1) is 12.3 Å². The second kappa shape index (κ2) is 4.50. The van der Waals surface area contributed by atoms with Crippen molar-refractivity contribution in [3.8, 4) is 12.3 Å². The summed E-state index contributed by atoms with van der Waals surface area (Å²) in [6.07, 6.45) is 6.07. The Hall–Kier alpha value is -0.970. The Morgan fingerprint density at radius 3 is 2.50 bits per heavy atom. The van der Waals surface area contributed by atoms with E-state index in [2.05, 4.69) is 5.92 Å². The molecule has 0 aromatic heterocycles. The minimum absolute atomic E-state index is 0.357. The van der Waals surface area contributed by atoms with E-state index >= 15 is 0 Å². The molecule has 0 amide bonds. The fourth-order valence-corrected chi connectivity index (χ4v) is 1.45. The highest BCUT2D eigenvalue weighted by Crippen LogP contribution is 2.18. The molecule has 1 aromatic carbocycles. The highest BCUT2D eigenvalue weighted by molar-refractivity contribution is 6.30. The predicted octanol–water partition coefficient (Wildman–Crippen LogP) is 2.66. The van der Waals surface area contributed by atoms with Gasteiger partial charge in [-0.3, -0.25) is 0 Å². The van der Waals surface area contributed by atoms with Crippen LogP contribution in [-0.4, -0.2) is 10.7 Å². The standard InChI is InChI=1S/C12H13ClO/c1-3-8-12(2,14)9-10-4-6-11(13)7-5-10/h1,4-7,14H,8-9H2,2H3. The summed E-state index contributed by atoms with van der Waals surface area (Å²) < 4.78 is 0. The van der Waals surface area contributed by atoms with E-state index in [1.54, 1.807) is 6.92 Å². The number of hydrogen-bond acceptors (Lipinski definition) is 1. The lowest BCUT2D eigenvalue weighted by Gasteiger charge is -2.20. The Morgan fingerprint density at radius 1 is 1.43 bits per heavy atom. The van der Waals surface area contributed by atoms with E-state index in [0.29, 0.717) is 17.9 Å². The molecule has 1 unspecified atom stereocenters. The number of hydrogen-bond donors (Lipinski definition) is 1. The molecule has 0 saturated heterocycles. The van der Waals surface area contributed by atoms with Gasteiger partial charge < -0.3 is 5.11 Å². The molecule has 0 heterocycles. The molecule has 0 bridgehead atoms. The molecule has 0 fully saturated rings.